The number of hydrogen-bond acceptors (Lipinski definition) is 3. The third-order valence-corrected chi connectivity index (χ3v) is 5.12. The lowest BCUT2D eigenvalue weighted by Gasteiger charge is -2.07. The molecule has 1 aromatic rings. The van der Waals surface area contributed by atoms with Gasteiger partial charge in [-0.25, -0.2) is 4.79 Å². The summed E-state index contributed by atoms with van der Waals surface area (Å²) < 4.78 is 5.58. The molecule has 4 nitrogen and oxygen atoms in total. The first kappa shape index (κ1) is 25.1. The zero-order valence-electron chi connectivity index (χ0n) is 18.2. The molecular weight excluding hydrogens is 364 g/mol. The van der Waals surface area contributed by atoms with Crippen molar-refractivity contribution in [2.75, 3.05) is 6.61 Å². The molecule has 4 heteroatoms. The molecule has 0 unspecified atom stereocenters. The zero-order valence-corrected chi connectivity index (χ0v) is 18.2. The van der Waals surface area contributed by atoms with Gasteiger partial charge < -0.3 is 14.9 Å². The lowest BCUT2D eigenvalue weighted by atomic mass is 10.1. The molecule has 0 saturated carbocycles. The van der Waals surface area contributed by atoms with E-state index < -0.39 is 5.97 Å². The van der Waals surface area contributed by atoms with Crippen molar-refractivity contribution >= 4 is 5.97 Å². The summed E-state index contributed by atoms with van der Waals surface area (Å²) in [7, 11) is 0. The number of allylic oxidation sites excluding steroid dienone is 2. The summed E-state index contributed by atoms with van der Waals surface area (Å²) in [5.74, 6) is -0.876. The van der Waals surface area contributed by atoms with Crippen LogP contribution in [0.3, 0.4) is 0 Å². The number of phenols is 1. The van der Waals surface area contributed by atoms with Crippen LogP contribution in [0.4, 0.5) is 0 Å². The minimum Gasteiger partial charge on any atom is -0.507 e. The van der Waals surface area contributed by atoms with Crippen LogP contribution < -0.4 is 4.74 Å². The van der Waals surface area contributed by atoms with E-state index in [1.165, 1.54) is 89.2 Å². The predicted octanol–water partition coefficient (Wildman–Crippen LogP) is 7.51. The highest BCUT2D eigenvalue weighted by Gasteiger charge is 2.09. The normalized spacial score (nSPS) is 11.2. The number of ether oxygens (including phenoxy) is 1. The molecule has 0 fully saturated rings. The van der Waals surface area contributed by atoms with Gasteiger partial charge in [-0.15, -0.1) is 0 Å². The number of aromatic hydroxyl groups is 1. The Morgan fingerprint density at radius 1 is 0.862 bits per heavy atom. The van der Waals surface area contributed by atoms with Gasteiger partial charge in [-0.1, -0.05) is 76.9 Å². The molecule has 0 atom stereocenters. The average Bonchev–Trinajstić information content (AvgIpc) is 2.70. The molecule has 0 amide bonds. The largest absolute Gasteiger partial charge is 0.507 e. The smallest absolute Gasteiger partial charge is 0.339 e. The fraction of sp³-hybridized carbons (Fsp3) is 0.640. The average molecular weight is 405 g/mol. The summed E-state index contributed by atoms with van der Waals surface area (Å²) in [6.07, 6.45) is 22.5. The van der Waals surface area contributed by atoms with E-state index in [4.69, 9.17) is 9.84 Å². The Bertz CT molecular complexity index is 580. The minimum atomic E-state index is -1.14. The maximum Gasteiger partial charge on any atom is 0.339 e. The molecule has 0 aromatic heterocycles. The van der Waals surface area contributed by atoms with Crippen LogP contribution >= 0.6 is 0 Å². The highest BCUT2D eigenvalue weighted by molar-refractivity contribution is 5.90. The van der Waals surface area contributed by atoms with Gasteiger partial charge in [-0.2, -0.15) is 0 Å². The summed E-state index contributed by atoms with van der Waals surface area (Å²) in [6.45, 7) is 2.85. The van der Waals surface area contributed by atoms with E-state index in [2.05, 4.69) is 19.1 Å². The van der Waals surface area contributed by atoms with E-state index in [-0.39, 0.29) is 11.3 Å². The number of hydrogen-bond donors (Lipinski definition) is 2. The molecule has 0 aliphatic carbocycles. The molecule has 164 valence electrons. The van der Waals surface area contributed by atoms with Crippen molar-refractivity contribution in [3.63, 3.8) is 0 Å². The van der Waals surface area contributed by atoms with E-state index in [0.717, 1.165) is 12.8 Å². The summed E-state index contributed by atoms with van der Waals surface area (Å²) >= 11 is 0. The van der Waals surface area contributed by atoms with Gasteiger partial charge in [0.25, 0.3) is 0 Å². The summed E-state index contributed by atoms with van der Waals surface area (Å²) in [5, 5.41) is 18.5. The topological polar surface area (TPSA) is 66.8 Å². The highest BCUT2D eigenvalue weighted by atomic mass is 16.5. The molecule has 2 N–H and O–H groups in total. The van der Waals surface area contributed by atoms with E-state index in [9.17, 15) is 9.90 Å². The van der Waals surface area contributed by atoms with Crippen molar-refractivity contribution in [2.45, 2.75) is 96.8 Å². The summed E-state index contributed by atoms with van der Waals surface area (Å²) in [6, 6.07) is 4.32. The molecular formula is C25H40O4. The summed E-state index contributed by atoms with van der Waals surface area (Å²) in [5.41, 5.74) is -0.102. The number of carboxylic acids is 1. The number of carboxylic acid groups (broad SMARTS) is 1. The van der Waals surface area contributed by atoms with Crippen LogP contribution in [0.5, 0.6) is 11.5 Å². The fourth-order valence-electron chi connectivity index (χ4n) is 3.32. The maximum absolute atomic E-state index is 10.9. The molecule has 0 aliphatic heterocycles. The first-order valence-corrected chi connectivity index (χ1v) is 11.5. The van der Waals surface area contributed by atoms with Crippen LogP contribution in [0.25, 0.3) is 0 Å². The maximum atomic E-state index is 10.9. The SMILES string of the molecule is CCCCCCCCC=CCCCCCCCCOc1ccc(C(=O)O)c(O)c1. The van der Waals surface area contributed by atoms with Gasteiger partial charge in [0.05, 0.1) is 6.61 Å². The Labute approximate surface area is 177 Å². The van der Waals surface area contributed by atoms with Crippen LogP contribution in [0.15, 0.2) is 30.4 Å². The third kappa shape index (κ3) is 13.0. The van der Waals surface area contributed by atoms with Gasteiger partial charge >= 0.3 is 5.97 Å². The molecule has 1 aromatic carbocycles. The second kappa shape index (κ2) is 16.9. The number of aromatic carboxylic acids is 1. The summed E-state index contributed by atoms with van der Waals surface area (Å²) in [4.78, 5) is 10.9. The fourth-order valence-corrected chi connectivity index (χ4v) is 3.32. The van der Waals surface area contributed by atoms with Crippen LogP contribution in [0.2, 0.25) is 0 Å². The first-order chi connectivity index (χ1) is 14.1. The van der Waals surface area contributed by atoms with Crippen LogP contribution in [-0.4, -0.2) is 22.8 Å². The van der Waals surface area contributed by atoms with Gasteiger partial charge in [0, 0.05) is 6.07 Å². The van der Waals surface area contributed by atoms with Gasteiger partial charge in [0.1, 0.15) is 17.1 Å². The second-order valence-corrected chi connectivity index (χ2v) is 7.77. The van der Waals surface area contributed by atoms with Crippen molar-refractivity contribution in [3.05, 3.63) is 35.9 Å². The number of carbonyl (C=O) groups is 1. The minimum absolute atomic E-state index is 0.102. The Hall–Kier alpha value is -1.97. The molecule has 0 saturated heterocycles. The number of rotatable bonds is 18. The Kier molecular flexibility index (Phi) is 14.6. The monoisotopic (exact) mass is 404 g/mol. The quantitative estimate of drug-likeness (QED) is 0.196. The third-order valence-electron chi connectivity index (χ3n) is 5.12. The van der Waals surface area contributed by atoms with Crippen molar-refractivity contribution in [1.29, 1.82) is 0 Å². The Morgan fingerprint density at radius 2 is 1.41 bits per heavy atom. The standard InChI is InChI=1S/C25H40O4/c1-2-3-4-5-6-7-8-9-10-11-12-13-14-15-16-17-20-29-22-18-19-23(25(27)28)24(26)21-22/h9-10,18-19,21,26H,2-8,11-17,20H2,1H3,(H,27,28). The van der Waals surface area contributed by atoms with Crippen LogP contribution in [0, 0.1) is 0 Å². The van der Waals surface area contributed by atoms with E-state index >= 15 is 0 Å². The second-order valence-electron chi connectivity index (χ2n) is 7.77. The van der Waals surface area contributed by atoms with Crippen molar-refractivity contribution in [1.82, 2.24) is 0 Å². The lowest BCUT2D eigenvalue weighted by Crippen LogP contribution is -2.00. The number of benzene rings is 1. The molecule has 0 heterocycles. The molecule has 0 bridgehead atoms. The van der Waals surface area contributed by atoms with Crippen molar-refractivity contribution in [2.24, 2.45) is 0 Å². The Balaban J connectivity index is 1.89. The van der Waals surface area contributed by atoms with Gasteiger partial charge in [-0.3, -0.25) is 0 Å². The van der Waals surface area contributed by atoms with Crippen molar-refractivity contribution in [3.8, 4) is 11.5 Å². The van der Waals surface area contributed by atoms with Gasteiger partial charge in [-0.05, 0) is 44.2 Å². The van der Waals surface area contributed by atoms with Gasteiger partial charge in [0.2, 0.25) is 0 Å². The van der Waals surface area contributed by atoms with Crippen molar-refractivity contribution < 1.29 is 19.7 Å². The molecule has 0 aliphatic rings. The number of unbranched alkanes of at least 4 members (excludes halogenated alkanes) is 12. The lowest BCUT2D eigenvalue weighted by molar-refractivity contribution is 0.0693. The predicted molar refractivity (Wildman–Crippen MR) is 120 cm³/mol. The molecule has 0 spiro atoms. The first-order valence-electron chi connectivity index (χ1n) is 11.5. The van der Waals surface area contributed by atoms with E-state index in [1.54, 1.807) is 6.07 Å². The molecule has 29 heavy (non-hydrogen) atoms. The van der Waals surface area contributed by atoms with E-state index in [1.807, 2.05) is 0 Å². The van der Waals surface area contributed by atoms with Crippen LogP contribution in [0.1, 0.15) is 107 Å². The van der Waals surface area contributed by atoms with Crippen LogP contribution in [-0.2, 0) is 0 Å². The van der Waals surface area contributed by atoms with Gasteiger partial charge in [0.15, 0.2) is 0 Å². The molecule has 0 radical (unpaired) electrons. The van der Waals surface area contributed by atoms with E-state index in [0.29, 0.717) is 12.4 Å². The Morgan fingerprint density at radius 3 is 1.97 bits per heavy atom. The highest BCUT2D eigenvalue weighted by Crippen LogP contribution is 2.23. The molecule has 1 rings (SSSR count). The zero-order chi connectivity index (χ0) is 21.2.